The van der Waals surface area contributed by atoms with Crippen molar-refractivity contribution in [3.05, 3.63) is 60.4 Å². The lowest BCUT2D eigenvalue weighted by Gasteiger charge is -2.38. The van der Waals surface area contributed by atoms with E-state index < -0.39 is 24.0 Å². The number of likely N-dealkylation sites (tertiary alicyclic amines) is 1. The highest BCUT2D eigenvalue weighted by atomic mass is 19.3. The monoisotopic (exact) mass is 552 g/mol. The van der Waals surface area contributed by atoms with Gasteiger partial charge in [0.1, 0.15) is 11.3 Å². The first-order valence-electron chi connectivity index (χ1n) is 12.4. The number of carbonyl (C=O) groups is 2. The number of benzene rings is 1. The van der Waals surface area contributed by atoms with Crippen molar-refractivity contribution in [3.8, 4) is 22.7 Å². The van der Waals surface area contributed by atoms with Crippen LogP contribution in [0.5, 0.6) is 0 Å². The topological polar surface area (TPSA) is 141 Å². The van der Waals surface area contributed by atoms with E-state index in [1.807, 2.05) is 6.07 Å². The molecule has 1 aliphatic rings. The van der Waals surface area contributed by atoms with Crippen molar-refractivity contribution in [1.29, 1.82) is 0 Å². The Labute approximate surface area is 227 Å². The minimum Gasteiger partial charge on any atom is -0.444 e. The summed E-state index contributed by atoms with van der Waals surface area (Å²) in [6.07, 6.45) is -0.0695. The highest BCUT2D eigenvalue weighted by molar-refractivity contribution is 5.94. The molecule has 0 unspecified atom stereocenters. The molecule has 12 nitrogen and oxygen atoms in total. The van der Waals surface area contributed by atoms with Crippen molar-refractivity contribution in [3.63, 3.8) is 0 Å². The highest BCUT2D eigenvalue weighted by Gasteiger charge is 2.37. The number of hydrogen-bond acceptors (Lipinski definition) is 9. The Morgan fingerprint density at radius 3 is 2.60 bits per heavy atom. The molecule has 4 heterocycles. The SMILES string of the molecule is CC(C)(C)OC(=O)N1CC(C(=O)Nc2cccc(-c3cn(Cc4ccc(-c5nnc(C(F)F)o5)cn4)nn3)c2)C1. The molecule has 1 N–H and O–H groups in total. The maximum Gasteiger partial charge on any atom is 0.410 e. The molecule has 0 aliphatic carbocycles. The molecule has 1 aromatic carbocycles. The molecule has 0 atom stereocenters. The lowest BCUT2D eigenvalue weighted by molar-refractivity contribution is -0.124. The van der Waals surface area contributed by atoms with Crippen molar-refractivity contribution < 1.29 is 27.5 Å². The van der Waals surface area contributed by atoms with Crippen LogP contribution in [0.25, 0.3) is 22.7 Å². The Hall–Kier alpha value is -4.75. The van der Waals surface area contributed by atoms with Crippen LogP contribution in [0.3, 0.4) is 0 Å². The van der Waals surface area contributed by atoms with Crippen LogP contribution in [0, 0.1) is 5.92 Å². The van der Waals surface area contributed by atoms with E-state index in [4.69, 9.17) is 9.15 Å². The summed E-state index contributed by atoms with van der Waals surface area (Å²) in [4.78, 5) is 30.6. The molecule has 208 valence electrons. The molecule has 0 spiro atoms. The summed E-state index contributed by atoms with van der Waals surface area (Å²) < 4.78 is 37.2. The van der Waals surface area contributed by atoms with Gasteiger partial charge in [-0.3, -0.25) is 9.78 Å². The Morgan fingerprint density at radius 1 is 1.12 bits per heavy atom. The van der Waals surface area contributed by atoms with E-state index in [0.717, 1.165) is 5.56 Å². The Morgan fingerprint density at radius 2 is 1.93 bits per heavy atom. The van der Waals surface area contributed by atoms with Crippen molar-refractivity contribution in [2.75, 3.05) is 18.4 Å². The van der Waals surface area contributed by atoms with Crippen LogP contribution in [0.1, 0.15) is 38.8 Å². The summed E-state index contributed by atoms with van der Waals surface area (Å²) in [7, 11) is 0. The Kier molecular flexibility index (Phi) is 7.24. The molecular formula is C26H26F2N8O4. The maximum absolute atomic E-state index is 12.7. The zero-order valence-electron chi connectivity index (χ0n) is 21.9. The van der Waals surface area contributed by atoms with E-state index in [1.165, 1.54) is 11.1 Å². The zero-order chi connectivity index (χ0) is 28.4. The van der Waals surface area contributed by atoms with Crippen LogP contribution in [0.4, 0.5) is 19.3 Å². The Balaban J connectivity index is 1.17. The van der Waals surface area contributed by atoms with Gasteiger partial charge in [-0.2, -0.15) is 8.78 Å². The summed E-state index contributed by atoms with van der Waals surface area (Å²) in [5, 5.41) is 18.2. The minimum absolute atomic E-state index is 0.0398. The summed E-state index contributed by atoms with van der Waals surface area (Å²) in [5.41, 5.74) is 2.42. The van der Waals surface area contributed by atoms with Crippen LogP contribution >= 0.6 is 0 Å². The van der Waals surface area contributed by atoms with Gasteiger partial charge in [0.2, 0.25) is 11.8 Å². The van der Waals surface area contributed by atoms with Gasteiger partial charge in [-0.05, 0) is 45.0 Å². The molecule has 3 aromatic heterocycles. The van der Waals surface area contributed by atoms with E-state index in [2.05, 4.69) is 30.8 Å². The van der Waals surface area contributed by atoms with E-state index in [1.54, 1.807) is 62.0 Å². The second-order valence-electron chi connectivity index (χ2n) is 10.2. The normalized spacial score (nSPS) is 13.8. The zero-order valence-corrected chi connectivity index (χ0v) is 21.9. The molecule has 1 fully saturated rings. The number of pyridine rings is 1. The standard InChI is InChI=1S/C26H26F2N8O4/c1-26(2,3)40-25(38)35-11-17(12-35)22(37)30-18-6-4-5-15(9-18)20-14-36(34-31-20)13-19-8-7-16(10-29-19)23-32-33-24(39-23)21(27)28/h4-10,14,17,21H,11-13H2,1-3H3,(H,30,37). The first-order chi connectivity index (χ1) is 19.0. The molecule has 14 heteroatoms. The van der Waals surface area contributed by atoms with Crippen molar-refractivity contribution >= 4 is 17.7 Å². The smallest absolute Gasteiger partial charge is 0.410 e. The molecule has 0 radical (unpaired) electrons. The number of anilines is 1. The van der Waals surface area contributed by atoms with Gasteiger partial charge < -0.3 is 19.4 Å². The summed E-state index contributed by atoms with van der Waals surface area (Å²) in [6.45, 7) is 6.30. The lowest BCUT2D eigenvalue weighted by atomic mass is 9.99. The molecular weight excluding hydrogens is 526 g/mol. The second kappa shape index (κ2) is 10.8. The number of aromatic nitrogens is 6. The number of amides is 2. The van der Waals surface area contributed by atoms with Gasteiger partial charge in [-0.25, -0.2) is 9.48 Å². The first kappa shape index (κ1) is 26.8. The predicted molar refractivity (Wildman–Crippen MR) is 137 cm³/mol. The third-order valence-corrected chi connectivity index (χ3v) is 5.89. The molecule has 1 aliphatic heterocycles. The van der Waals surface area contributed by atoms with Gasteiger partial charge in [-0.1, -0.05) is 17.3 Å². The van der Waals surface area contributed by atoms with Crippen LogP contribution in [-0.4, -0.2) is 65.8 Å². The number of carbonyl (C=O) groups excluding carboxylic acids is 2. The number of nitrogens with zero attached hydrogens (tertiary/aromatic N) is 7. The van der Waals surface area contributed by atoms with E-state index >= 15 is 0 Å². The number of ether oxygens (including phenoxy) is 1. The van der Waals surface area contributed by atoms with Crippen molar-refractivity contribution in [1.82, 2.24) is 35.1 Å². The number of rotatable bonds is 7. The minimum atomic E-state index is -2.84. The van der Waals surface area contributed by atoms with E-state index in [0.29, 0.717) is 42.3 Å². The largest absolute Gasteiger partial charge is 0.444 e. The molecule has 0 bridgehead atoms. The molecule has 1 saturated heterocycles. The lowest BCUT2D eigenvalue weighted by Crippen LogP contribution is -2.55. The number of nitrogens with one attached hydrogen (secondary N) is 1. The van der Waals surface area contributed by atoms with Crippen LogP contribution in [0.2, 0.25) is 0 Å². The fourth-order valence-electron chi connectivity index (χ4n) is 3.88. The summed E-state index contributed by atoms with van der Waals surface area (Å²) in [6, 6.07) is 10.6. The summed E-state index contributed by atoms with van der Waals surface area (Å²) >= 11 is 0. The summed E-state index contributed by atoms with van der Waals surface area (Å²) in [5.74, 6) is -1.28. The van der Waals surface area contributed by atoms with Crippen molar-refractivity contribution in [2.45, 2.75) is 39.3 Å². The fourth-order valence-corrected chi connectivity index (χ4v) is 3.88. The Bertz CT molecular complexity index is 1510. The van der Waals surface area contributed by atoms with E-state index in [9.17, 15) is 18.4 Å². The molecule has 5 rings (SSSR count). The van der Waals surface area contributed by atoms with Gasteiger partial charge in [0, 0.05) is 30.5 Å². The number of halogens is 2. The predicted octanol–water partition coefficient (Wildman–Crippen LogP) is 4.18. The van der Waals surface area contributed by atoms with Gasteiger partial charge >= 0.3 is 12.5 Å². The molecule has 4 aromatic rings. The van der Waals surface area contributed by atoms with E-state index in [-0.39, 0.29) is 17.7 Å². The van der Waals surface area contributed by atoms with Gasteiger partial charge in [0.05, 0.1) is 29.9 Å². The molecule has 2 amide bonds. The maximum atomic E-state index is 12.7. The third-order valence-electron chi connectivity index (χ3n) is 5.89. The molecule has 40 heavy (non-hydrogen) atoms. The highest BCUT2D eigenvalue weighted by Crippen LogP contribution is 2.25. The van der Waals surface area contributed by atoms with Crippen LogP contribution in [-0.2, 0) is 16.1 Å². The van der Waals surface area contributed by atoms with Crippen LogP contribution in [0.15, 0.2) is 53.2 Å². The first-order valence-corrected chi connectivity index (χ1v) is 12.4. The average molecular weight is 553 g/mol. The fraction of sp³-hybridized carbons (Fsp3) is 0.346. The van der Waals surface area contributed by atoms with Gasteiger partial charge in [0.25, 0.3) is 5.89 Å². The number of hydrogen-bond donors (Lipinski definition) is 1. The second-order valence-corrected chi connectivity index (χ2v) is 10.2. The molecule has 0 saturated carbocycles. The quantitative estimate of drug-likeness (QED) is 0.357. The number of alkyl halides is 2. The average Bonchev–Trinajstić information content (AvgIpc) is 3.53. The van der Waals surface area contributed by atoms with Gasteiger partial charge in [0.15, 0.2) is 0 Å². The third kappa shape index (κ3) is 6.27. The van der Waals surface area contributed by atoms with Crippen LogP contribution < -0.4 is 5.32 Å². The van der Waals surface area contributed by atoms with Crippen molar-refractivity contribution in [2.24, 2.45) is 5.92 Å². The van der Waals surface area contributed by atoms with Gasteiger partial charge in [-0.15, -0.1) is 15.3 Å².